The van der Waals surface area contributed by atoms with Crippen LogP contribution in [0.2, 0.25) is 0 Å². The van der Waals surface area contributed by atoms with E-state index >= 15 is 0 Å². The van der Waals surface area contributed by atoms with Gasteiger partial charge in [0.1, 0.15) is 0 Å². The molecule has 1 radical (unpaired) electrons. The molecule has 0 heterocycles. The summed E-state index contributed by atoms with van der Waals surface area (Å²) >= 11 is 0. The minimum Gasteiger partial charge on any atom is -0.460 e. The van der Waals surface area contributed by atoms with Crippen molar-refractivity contribution in [2.75, 3.05) is 0 Å². The molecule has 2 unspecified atom stereocenters. The number of carbonyl (C=O) groups excluding carboxylic acids is 2. The van der Waals surface area contributed by atoms with Gasteiger partial charge >= 0.3 is 12.4 Å². The number of ether oxygens (including phenoxy) is 2. The van der Waals surface area contributed by atoms with E-state index in [0.717, 1.165) is 12.8 Å². The lowest BCUT2D eigenvalue weighted by molar-refractivity contribution is -0.157. The summed E-state index contributed by atoms with van der Waals surface area (Å²) in [7, 11) is 0. The molecule has 0 spiro atoms. The van der Waals surface area contributed by atoms with E-state index in [1.807, 2.05) is 13.8 Å². The van der Waals surface area contributed by atoms with Crippen LogP contribution in [-0.2, 0) is 19.1 Å². The van der Waals surface area contributed by atoms with Gasteiger partial charge < -0.3 is 9.47 Å². The second kappa shape index (κ2) is 7.35. The van der Waals surface area contributed by atoms with Gasteiger partial charge in [-0.1, -0.05) is 20.3 Å². The van der Waals surface area contributed by atoms with E-state index in [4.69, 9.17) is 4.74 Å². The summed E-state index contributed by atoms with van der Waals surface area (Å²) in [5, 5.41) is 0. The minimum absolute atomic E-state index is 0.142. The van der Waals surface area contributed by atoms with Crippen LogP contribution >= 0.6 is 0 Å². The summed E-state index contributed by atoms with van der Waals surface area (Å²) < 4.78 is 9.53. The molecule has 0 N–H and O–H groups in total. The van der Waals surface area contributed by atoms with Gasteiger partial charge in [0, 0.05) is 0 Å². The molecule has 0 fully saturated rings. The van der Waals surface area contributed by atoms with Crippen LogP contribution in [0, 0.1) is 0 Å². The van der Waals surface area contributed by atoms with Gasteiger partial charge in [-0.05, 0) is 19.8 Å². The fourth-order valence-electron chi connectivity index (χ4n) is 0.903. The molecular formula is C10H17O4. The molecule has 0 aromatic carbocycles. The Morgan fingerprint density at radius 3 is 2.50 bits per heavy atom. The first kappa shape index (κ1) is 12.9. The summed E-state index contributed by atoms with van der Waals surface area (Å²) in [5.74, 6) is -0.482. The number of carbonyl (C=O) groups is 1. The third-order valence-corrected chi connectivity index (χ3v) is 1.90. The standard InChI is InChI=1S/C10H17O4/c1-4-6-9(13-7-11)10(12)14-8(3)5-2/h8-9H,4-6H2,1-3H3. The summed E-state index contributed by atoms with van der Waals surface area (Å²) in [6.07, 6.45) is 1.03. The monoisotopic (exact) mass is 201 g/mol. The SMILES string of the molecule is CCCC(O[C]=O)C(=O)OC(C)CC. The Bertz CT molecular complexity index is 179. The zero-order chi connectivity index (χ0) is 11.0. The lowest BCUT2D eigenvalue weighted by atomic mass is 10.2. The molecule has 4 heteroatoms. The first-order chi connectivity index (χ1) is 6.65. The van der Waals surface area contributed by atoms with Gasteiger partial charge in [0.05, 0.1) is 6.10 Å². The van der Waals surface area contributed by atoms with Crippen LogP contribution in [-0.4, -0.2) is 24.6 Å². The van der Waals surface area contributed by atoms with Gasteiger partial charge in [0.25, 0.3) is 0 Å². The van der Waals surface area contributed by atoms with Gasteiger partial charge in [-0.25, -0.2) is 9.59 Å². The minimum atomic E-state index is -0.800. The van der Waals surface area contributed by atoms with Gasteiger partial charge in [-0.3, -0.25) is 0 Å². The van der Waals surface area contributed by atoms with Crippen LogP contribution in [0.15, 0.2) is 0 Å². The third-order valence-electron chi connectivity index (χ3n) is 1.90. The maximum Gasteiger partial charge on any atom is 0.418 e. The topological polar surface area (TPSA) is 52.6 Å². The number of esters is 1. The van der Waals surface area contributed by atoms with E-state index in [9.17, 15) is 9.59 Å². The third kappa shape index (κ3) is 4.84. The summed E-state index contributed by atoms with van der Waals surface area (Å²) in [4.78, 5) is 21.4. The Kier molecular flexibility index (Phi) is 6.80. The van der Waals surface area contributed by atoms with E-state index in [1.54, 1.807) is 6.92 Å². The summed E-state index contributed by atoms with van der Waals surface area (Å²) in [6.45, 7) is 6.89. The van der Waals surface area contributed by atoms with E-state index in [1.165, 1.54) is 6.47 Å². The van der Waals surface area contributed by atoms with Crippen molar-refractivity contribution < 1.29 is 19.1 Å². The molecule has 0 saturated heterocycles. The average Bonchev–Trinajstić information content (AvgIpc) is 2.17. The van der Waals surface area contributed by atoms with Crippen LogP contribution in [0.4, 0.5) is 0 Å². The second-order valence-electron chi connectivity index (χ2n) is 3.13. The smallest absolute Gasteiger partial charge is 0.418 e. The molecule has 0 aromatic heterocycles. The van der Waals surface area contributed by atoms with Crippen molar-refractivity contribution in [3.63, 3.8) is 0 Å². The molecule has 4 nitrogen and oxygen atoms in total. The first-order valence-corrected chi connectivity index (χ1v) is 4.88. The molecule has 0 saturated carbocycles. The van der Waals surface area contributed by atoms with Crippen molar-refractivity contribution in [3.05, 3.63) is 0 Å². The Labute approximate surface area is 84.6 Å². The van der Waals surface area contributed by atoms with E-state index in [2.05, 4.69) is 4.74 Å². The van der Waals surface area contributed by atoms with Crippen molar-refractivity contribution in [2.45, 2.75) is 52.2 Å². The zero-order valence-corrected chi connectivity index (χ0v) is 8.91. The van der Waals surface area contributed by atoms with Gasteiger partial charge in [-0.2, -0.15) is 0 Å². The molecule has 0 amide bonds. The van der Waals surface area contributed by atoms with Crippen molar-refractivity contribution in [3.8, 4) is 0 Å². The molecule has 0 aromatic rings. The Morgan fingerprint density at radius 2 is 2.07 bits per heavy atom. The maximum atomic E-state index is 11.4. The highest BCUT2D eigenvalue weighted by Crippen LogP contribution is 2.06. The summed E-state index contributed by atoms with van der Waals surface area (Å²) in [5.41, 5.74) is 0. The molecule has 0 aliphatic rings. The summed E-state index contributed by atoms with van der Waals surface area (Å²) in [6, 6.07) is 0. The molecule has 2 atom stereocenters. The number of hydrogen-bond donors (Lipinski definition) is 0. The van der Waals surface area contributed by atoms with Crippen molar-refractivity contribution in [2.24, 2.45) is 0 Å². The Hall–Kier alpha value is -1.06. The lowest BCUT2D eigenvalue weighted by Gasteiger charge is -2.16. The van der Waals surface area contributed by atoms with Crippen molar-refractivity contribution in [1.82, 2.24) is 0 Å². The van der Waals surface area contributed by atoms with E-state index in [-0.39, 0.29) is 6.10 Å². The highest BCUT2D eigenvalue weighted by Gasteiger charge is 2.22. The van der Waals surface area contributed by atoms with Crippen LogP contribution in [0.25, 0.3) is 0 Å². The normalized spacial score (nSPS) is 14.2. The molecule has 0 aliphatic heterocycles. The van der Waals surface area contributed by atoms with Gasteiger partial charge in [-0.15, -0.1) is 0 Å². The zero-order valence-electron chi connectivity index (χ0n) is 8.91. The Balaban J connectivity index is 4.06. The predicted octanol–water partition coefficient (Wildman–Crippen LogP) is 1.58. The highest BCUT2D eigenvalue weighted by molar-refractivity contribution is 5.76. The number of hydrogen-bond acceptors (Lipinski definition) is 4. The quantitative estimate of drug-likeness (QED) is 0.587. The highest BCUT2D eigenvalue weighted by atomic mass is 16.6. The van der Waals surface area contributed by atoms with Crippen LogP contribution in [0.1, 0.15) is 40.0 Å². The maximum absolute atomic E-state index is 11.4. The fourth-order valence-corrected chi connectivity index (χ4v) is 0.903. The molecule has 0 bridgehead atoms. The molecule has 0 aliphatic carbocycles. The largest absolute Gasteiger partial charge is 0.460 e. The molecular weight excluding hydrogens is 184 g/mol. The van der Waals surface area contributed by atoms with E-state index in [0.29, 0.717) is 6.42 Å². The van der Waals surface area contributed by atoms with Crippen molar-refractivity contribution in [1.29, 1.82) is 0 Å². The predicted molar refractivity (Wildman–Crippen MR) is 51.3 cm³/mol. The molecule has 81 valence electrons. The van der Waals surface area contributed by atoms with Gasteiger partial charge in [0.2, 0.25) is 0 Å². The van der Waals surface area contributed by atoms with Crippen LogP contribution in [0.3, 0.4) is 0 Å². The molecule has 14 heavy (non-hydrogen) atoms. The van der Waals surface area contributed by atoms with Crippen LogP contribution in [0.5, 0.6) is 0 Å². The fraction of sp³-hybridized carbons (Fsp3) is 0.800. The first-order valence-electron chi connectivity index (χ1n) is 4.88. The van der Waals surface area contributed by atoms with Gasteiger partial charge in [0.15, 0.2) is 6.10 Å². The Morgan fingerprint density at radius 1 is 1.43 bits per heavy atom. The van der Waals surface area contributed by atoms with E-state index < -0.39 is 12.1 Å². The molecule has 0 rings (SSSR count). The number of rotatable bonds is 7. The lowest BCUT2D eigenvalue weighted by Crippen LogP contribution is -2.28. The second-order valence-corrected chi connectivity index (χ2v) is 3.13. The van der Waals surface area contributed by atoms with Crippen LogP contribution < -0.4 is 0 Å². The average molecular weight is 201 g/mol. The van der Waals surface area contributed by atoms with Crippen molar-refractivity contribution >= 4 is 12.4 Å².